The fourth-order valence-electron chi connectivity index (χ4n) is 2.03. The van der Waals surface area contributed by atoms with Gasteiger partial charge in [-0.05, 0) is 13.0 Å². The molecule has 0 aliphatic carbocycles. The summed E-state index contributed by atoms with van der Waals surface area (Å²) in [6, 6.07) is 1.40. The lowest BCUT2D eigenvalue weighted by Crippen LogP contribution is -2.33. The van der Waals surface area contributed by atoms with Crippen LogP contribution in [0.2, 0.25) is 0 Å². The Morgan fingerprint density at radius 2 is 2.11 bits per heavy atom. The molecule has 0 spiro atoms. The number of ether oxygens (including phenoxy) is 1. The Hall–Kier alpha value is -1.41. The van der Waals surface area contributed by atoms with Gasteiger partial charge < -0.3 is 25.2 Å². The van der Waals surface area contributed by atoms with Crippen LogP contribution in [0.3, 0.4) is 0 Å². The van der Waals surface area contributed by atoms with Crippen LogP contribution < -0.4 is 0 Å². The molecule has 4 atom stereocenters. The summed E-state index contributed by atoms with van der Waals surface area (Å²) in [6.45, 7) is 0.854. The third-order valence-electron chi connectivity index (χ3n) is 3.06. The minimum atomic E-state index is -1.29. The topological polar surface area (TPSA) is 112 Å². The molecular weight excluding hydrogens is 242 g/mol. The van der Waals surface area contributed by atoms with Crippen molar-refractivity contribution in [3.05, 3.63) is 17.8 Å². The molecule has 0 radical (unpaired) electrons. The minimum Gasteiger partial charge on any atom is -0.494 e. The summed E-state index contributed by atoms with van der Waals surface area (Å²) >= 11 is 0. The highest BCUT2D eigenvalue weighted by Crippen LogP contribution is 2.33. The SMILES string of the molecule is CC(=O)c1ccn([C@@H]2O[C@H](CO)[C@@H](O)[C@H]2O)c1O. The lowest BCUT2D eigenvalue weighted by molar-refractivity contribution is -0.0551. The predicted molar refractivity (Wildman–Crippen MR) is 59.1 cm³/mol. The summed E-state index contributed by atoms with van der Waals surface area (Å²) in [5.74, 6) is -0.657. The van der Waals surface area contributed by atoms with E-state index in [2.05, 4.69) is 0 Å². The molecule has 1 aromatic heterocycles. The van der Waals surface area contributed by atoms with Gasteiger partial charge in [-0.2, -0.15) is 0 Å². The number of aliphatic hydroxyl groups excluding tert-OH is 3. The number of carbonyl (C=O) groups excluding carboxylic acids is 1. The Morgan fingerprint density at radius 3 is 2.56 bits per heavy atom. The maximum absolute atomic E-state index is 11.2. The Labute approximate surface area is 103 Å². The third-order valence-corrected chi connectivity index (χ3v) is 3.06. The van der Waals surface area contributed by atoms with Gasteiger partial charge in [-0.3, -0.25) is 9.36 Å². The second-order valence-corrected chi connectivity index (χ2v) is 4.25. The van der Waals surface area contributed by atoms with E-state index in [9.17, 15) is 20.1 Å². The number of hydrogen-bond acceptors (Lipinski definition) is 6. The molecule has 0 unspecified atom stereocenters. The van der Waals surface area contributed by atoms with Crippen LogP contribution in [0.5, 0.6) is 5.88 Å². The number of aromatic hydroxyl groups is 1. The molecule has 7 nitrogen and oxygen atoms in total. The first-order chi connectivity index (χ1) is 8.47. The summed E-state index contributed by atoms with van der Waals surface area (Å²) < 4.78 is 6.39. The molecule has 100 valence electrons. The molecule has 2 heterocycles. The van der Waals surface area contributed by atoms with Crippen LogP contribution in [-0.4, -0.2) is 55.7 Å². The molecule has 1 saturated heterocycles. The van der Waals surface area contributed by atoms with E-state index in [4.69, 9.17) is 9.84 Å². The molecule has 1 aromatic rings. The van der Waals surface area contributed by atoms with Crippen LogP contribution in [0, 0.1) is 0 Å². The Kier molecular flexibility index (Phi) is 3.40. The van der Waals surface area contributed by atoms with Gasteiger partial charge in [-0.15, -0.1) is 0 Å². The standard InChI is InChI=1S/C11H15NO6/c1-5(14)6-2-3-12(10(6)17)11-9(16)8(15)7(4-13)18-11/h2-3,7-9,11,13,15-17H,4H2,1H3/t7-,8-,9-,11-/m1/s1. The molecule has 1 aliphatic heterocycles. The van der Waals surface area contributed by atoms with E-state index in [1.807, 2.05) is 0 Å². The van der Waals surface area contributed by atoms with Crippen molar-refractivity contribution >= 4 is 5.78 Å². The van der Waals surface area contributed by atoms with E-state index in [-0.39, 0.29) is 17.2 Å². The van der Waals surface area contributed by atoms with Crippen molar-refractivity contribution in [1.82, 2.24) is 4.57 Å². The highest BCUT2D eigenvalue weighted by atomic mass is 16.6. The van der Waals surface area contributed by atoms with Crippen molar-refractivity contribution in [2.75, 3.05) is 6.61 Å². The van der Waals surface area contributed by atoms with Gasteiger partial charge in [-0.25, -0.2) is 0 Å². The molecule has 1 fully saturated rings. The first kappa shape index (κ1) is 13.0. The molecule has 18 heavy (non-hydrogen) atoms. The molecule has 0 aromatic carbocycles. The zero-order chi connectivity index (χ0) is 13.4. The maximum Gasteiger partial charge on any atom is 0.204 e. The Morgan fingerprint density at radius 1 is 1.44 bits per heavy atom. The van der Waals surface area contributed by atoms with Crippen LogP contribution in [0.4, 0.5) is 0 Å². The predicted octanol–water partition coefficient (Wildman–Crippen LogP) is -0.992. The molecule has 1 aliphatic rings. The van der Waals surface area contributed by atoms with Crippen LogP contribution >= 0.6 is 0 Å². The fraction of sp³-hybridized carbons (Fsp3) is 0.545. The molecule has 2 rings (SSSR count). The van der Waals surface area contributed by atoms with Crippen LogP contribution in [-0.2, 0) is 4.74 Å². The monoisotopic (exact) mass is 257 g/mol. The van der Waals surface area contributed by atoms with Crippen molar-refractivity contribution in [3.63, 3.8) is 0 Å². The normalized spacial score (nSPS) is 31.8. The second kappa shape index (κ2) is 4.69. The van der Waals surface area contributed by atoms with E-state index >= 15 is 0 Å². The molecule has 0 saturated carbocycles. The molecular formula is C11H15NO6. The number of aliphatic hydroxyl groups is 3. The fourth-order valence-corrected chi connectivity index (χ4v) is 2.03. The minimum absolute atomic E-state index is 0.104. The van der Waals surface area contributed by atoms with Crippen molar-refractivity contribution in [2.45, 2.75) is 31.5 Å². The van der Waals surface area contributed by atoms with E-state index in [1.165, 1.54) is 19.2 Å². The lowest BCUT2D eigenvalue weighted by atomic mass is 10.1. The van der Waals surface area contributed by atoms with Gasteiger partial charge in [0.05, 0.1) is 12.2 Å². The van der Waals surface area contributed by atoms with Crippen LogP contribution in [0.25, 0.3) is 0 Å². The molecule has 0 amide bonds. The number of aromatic nitrogens is 1. The number of rotatable bonds is 3. The number of Topliss-reactive ketones (excluding diaryl/α,β-unsaturated/α-hetero) is 1. The van der Waals surface area contributed by atoms with E-state index in [0.717, 1.165) is 4.57 Å². The summed E-state index contributed by atoms with van der Waals surface area (Å²) in [5, 5.41) is 38.2. The molecule has 7 heteroatoms. The zero-order valence-corrected chi connectivity index (χ0v) is 9.72. The van der Waals surface area contributed by atoms with Gasteiger partial charge in [0.15, 0.2) is 12.0 Å². The van der Waals surface area contributed by atoms with E-state index < -0.39 is 31.1 Å². The second-order valence-electron chi connectivity index (χ2n) is 4.25. The summed E-state index contributed by atoms with van der Waals surface area (Å²) in [5.41, 5.74) is 0.104. The highest BCUT2D eigenvalue weighted by molar-refractivity contribution is 5.96. The van der Waals surface area contributed by atoms with Crippen molar-refractivity contribution < 1.29 is 30.0 Å². The highest BCUT2D eigenvalue weighted by Gasteiger charge is 2.44. The quantitative estimate of drug-likeness (QED) is 0.517. The number of nitrogens with zero attached hydrogens (tertiary/aromatic N) is 1. The summed E-state index contributed by atoms with van der Waals surface area (Å²) in [4.78, 5) is 11.2. The van der Waals surface area contributed by atoms with Gasteiger partial charge in [-0.1, -0.05) is 0 Å². The Bertz CT molecular complexity index is 456. The molecule has 4 N–H and O–H groups in total. The molecule has 0 bridgehead atoms. The summed E-state index contributed by atoms with van der Waals surface area (Å²) in [7, 11) is 0. The van der Waals surface area contributed by atoms with Gasteiger partial charge in [0.2, 0.25) is 5.88 Å². The van der Waals surface area contributed by atoms with Gasteiger partial charge in [0.1, 0.15) is 18.3 Å². The van der Waals surface area contributed by atoms with E-state index in [1.54, 1.807) is 0 Å². The largest absolute Gasteiger partial charge is 0.494 e. The number of hydrogen-bond donors (Lipinski definition) is 4. The van der Waals surface area contributed by atoms with Crippen molar-refractivity contribution in [3.8, 4) is 5.88 Å². The number of carbonyl (C=O) groups is 1. The van der Waals surface area contributed by atoms with Crippen molar-refractivity contribution in [2.24, 2.45) is 0 Å². The first-order valence-corrected chi connectivity index (χ1v) is 5.50. The Balaban J connectivity index is 2.30. The third kappa shape index (κ3) is 1.91. The maximum atomic E-state index is 11.2. The van der Waals surface area contributed by atoms with E-state index in [0.29, 0.717) is 0 Å². The zero-order valence-electron chi connectivity index (χ0n) is 9.72. The van der Waals surface area contributed by atoms with Crippen LogP contribution in [0.15, 0.2) is 12.3 Å². The van der Waals surface area contributed by atoms with Crippen molar-refractivity contribution in [1.29, 1.82) is 0 Å². The van der Waals surface area contributed by atoms with Crippen LogP contribution in [0.1, 0.15) is 23.5 Å². The van der Waals surface area contributed by atoms with Gasteiger partial charge >= 0.3 is 0 Å². The number of ketones is 1. The smallest absolute Gasteiger partial charge is 0.204 e. The van der Waals surface area contributed by atoms with Gasteiger partial charge in [0, 0.05) is 6.20 Å². The average Bonchev–Trinajstić information content (AvgIpc) is 2.82. The summed E-state index contributed by atoms with van der Waals surface area (Å²) in [6.07, 6.45) is -3.12. The van der Waals surface area contributed by atoms with Gasteiger partial charge in [0.25, 0.3) is 0 Å². The lowest BCUT2D eigenvalue weighted by Gasteiger charge is -2.17. The first-order valence-electron chi connectivity index (χ1n) is 5.50. The average molecular weight is 257 g/mol.